The molecule has 0 aliphatic rings. The topological polar surface area (TPSA) is 121 Å². The molecule has 0 aliphatic heterocycles. The summed E-state index contributed by atoms with van der Waals surface area (Å²) in [5.74, 6) is -1.85. The average Bonchev–Trinajstić information content (AvgIpc) is 2.64. The summed E-state index contributed by atoms with van der Waals surface area (Å²) in [6, 6.07) is 1.46. The first kappa shape index (κ1) is 21.7. The molecule has 0 bridgehead atoms. The number of pyridine rings is 1. The van der Waals surface area contributed by atoms with Crippen molar-refractivity contribution in [2.24, 2.45) is 0 Å². The number of hydrogen-bond acceptors (Lipinski definition) is 7. The Morgan fingerprint density at radius 2 is 2.14 bits per heavy atom. The fourth-order valence-electron chi connectivity index (χ4n) is 2.37. The molecule has 0 saturated heterocycles. The molecule has 2 rings (SSSR count). The fourth-order valence-corrected chi connectivity index (χ4v) is 2.48. The Labute approximate surface area is 170 Å². The van der Waals surface area contributed by atoms with Gasteiger partial charge in [-0.05, 0) is 19.1 Å². The van der Waals surface area contributed by atoms with Crippen molar-refractivity contribution in [2.45, 2.75) is 6.92 Å². The predicted molar refractivity (Wildman–Crippen MR) is 109 cm³/mol. The molecule has 2 heterocycles. The largest absolute Gasteiger partial charge is 0.465 e. The molecular weight excluding hydrogens is 401 g/mol. The summed E-state index contributed by atoms with van der Waals surface area (Å²) < 4.78 is 18.6. The number of ether oxygens (including phenoxy) is 1. The first-order chi connectivity index (χ1) is 13.6. The maximum Gasteiger partial charge on any atom is 0.341 e. The molecule has 0 saturated carbocycles. The summed E-state index contributed by atoms with van der Waals surface area (Å²) in [5.41, 5.74) is -0.798. The van der Waals surface area contributed by atoms with E-state index < -0.39 is 17.4 Å². The van der Waals surface area contributed by atoms with Crippen LogP contribution in [0.4, 0.5) is 15.9 Å². The van der Waals surface area contributed by atoms with Crippen molar-refractivity contribution in [3.8, 4) is 0 Å². The Hall–Kier alpha value is -3.59. The van der Waals surface area contributed by atoms with E-state index >= 15 is 0 Å². The maximum atomic E-state index is 13.9. The van der Waals surface area contributed by atoms with Crippen molar-refractivity contribution in [3.05, 3.63) is 75.9 Å². The first-order valence-electron chi connectivity index (χ1n) is 8.06. The highest BCUT2D eigenvalue weighted by Gasteiger charge is 2.20. The molecule has 3 N–H and O–H groups in total. The molecular formula is C19H17ClFN5O3. The van der Waals surface area contributed by atoms with E-state index in [0.717, 1.165) is 6.08 Å². The number of methoxy groups -OCH3 is 1. The molecule has 0 atom stereocenters. The third-order valence-corrected chi connectivity index (χ3v) is 3.73. The van der Waals surface area contributed by atoms with Crippen LogP contribution in [-0.2, 0) is 4.74 Å². The second-order valence-corrected chi connectivity index (χ2v) is 6.20. The van der Waals surface area contributed by atoms with Crippen LogP contribution in [0.15, 0.2) is 53.3 Å². The monoisotopic (exact) mass is 417 g/mol. The van der Waals surface area contributed by atoms with E-state index in [9.17, 15) is 14.0 Å². The molecule has 0 spiro atoms. The van der Waals surface area contributed by atoms with E-state index in [-0.39, 0.29) is 44.8 Å². The lowest BCUT2D eigenvalue weighted by Gasteiger charge is -2.14. The average molecular weight is 418 g/mol. The number of esters is 1. The maximum absolute atomic E-state index is 13.9. The minimum atomic E-state index is -0.903. The smallest absolute Gasteiger partial charge is 0.341 e. The third-order valence-electron chi connectivity index (χ3n) is 3.62. The van der Waals surface area contributed by atoms with Gasteiger partial charge in [-0.25, -0.2) is 14.2 Å². The van der Waals surface area contributed by atoms with Crippen LogP contribution in [0.5, 0.6) is 0 Å². The number of aromatic amines is 1. The zero-order valence-electron chi connectivity index (χ0n) is 15.6. The van der Waals surface area contributed by atoms with Crippen LogP contribution >= 0.6 is 11.6 Å². The predicted octanol–water partition coefficient (Wildman–Crippen LogP) is 3.70. The van der Waals surface area contributed by atoms with Gasteiger partial charge in [-0.1, -0.05) is 24.8 Å². The number of aromatic nitrogens is 3. The summed E-state index contributed by atoms with van der Waals surface area (Å²) >= 11 is 5.72. The lowest BCUT2D eigenvalue weighted by atomic mass is 10.1. The number of carbonyl (C=O) groups excluding carboxylic acids is 1. The molecule has 10 heteroatoms. The number of nitrogens with one attached hydrogen (secondary N) is 3. The third kappa shape index (κ3) is 5.02. The number of halogens is 2. The number of rotatable bonds is 7. The summed E-state index contributed by atoms with van der Waals surface area (Å²) in [6.45, 7) is 8.05. The highest BCUT2D eigenvalue weighted by Crippen LogP contribution is 2.26. The summed E-state index contributed by atoms with van der Waals surface area (Å²) in [6.07, 6.45) is 3.83. The second kappa shape index (κ2) is 9.07. The van der Waals surface area contributed by atoms with E-state index in [1.807, 2.05) is 0 Å². The van der Waals surface area contributed by atoms with Crippen molar-refractivity contribution in [2.75, 3.05) is 12.4 Å². The van der Waals surface area contributed by atoms with Crippen molar-refractivity contribution >= 4 is 40.4 Å². The van der Waals surface area contributed by atoms with Gasteiger partial charge >= 0.3 is 5.97 Å². The molecule has 29 heavy (non-hydrogen) atoms. The summed E-state index contributed by atoms with van der Waals surface area (Å²) in [7, 11) is 1.21. The van der Waals surface area contributed by atoms with Crippen LogP contribution in [0.25, 0.3) is 5.57 Å². The molecule has 0 aromatic carbocycles. The lowest BCUT2D eigenvalue weighted by molar-refractivity contribution is 0.0601. The van der Waals surface area contributed by atoms with E-state index in [1.165, 1.54) is 32.5 Å². The molecule has 0 radical (unpaired) electrons. The van der Waals surface area contributed by atoms with E-state index in [1.54, 1.807) is 0 Å². The molecule has 0 unspecified atom stereocenters. The fraction of sp³-hybridized carbons (Fsp3) is 0.105. The van der Waals surface area contributed by atoms with Crippen LogP contribution in [0, 0.1) is 5.41 Å². The van der Waals surface area contributed by atoms with E-state index in [2.05, 4.69) is 33.4 Å². The van der Waals surface area contributed by atoms with Gasteiger partial charge in [0.15, 0.2) is 0 Å². The highest BCUT2D eigenvalue weighted by atomic mass is 35.5. The SMILES string of the molecule is C=C(Cl)/C=C(\C(=C)F)c1nc(Nc2ccncc2C(=O)OC)c(C(C)=N)c(=O)[nH]1. The van der Waals surface area contributed by atoms with Crippen LogP contribution < -0.4 is 10.9 Å². The van der Waals surface area contributed by atoms with Crippen LogP contribution in [0.3, 0.4) is 0 Å². The quantitative estimate of drug-likeness (QED) is 0.359. The van der Waals surface area contributed by atoms with Crippen molar-refractivity contribution in [3.63, 3.8) is 0 Å². The Balaban J connectivity index is 2.71. The Bertz CT molecular complexity index is 1110. The normalized spacial score (nSPS) is 11.0. The van der Waals surface area contributed by atoms with Gasteiger partial charge in [-0.15, -0.1) is 0 Å². The number of carbonyl (C=O) groups is 1. The Kier molecular flexibility index (Phi) is 6.79. The van der Waals surface area contributed by atoms with Crippen LogP contribution in [0.2, 0.25) is 0 Å². The lowest BCUT2D eigenvalue weighted by Crippen LogP contribution is -2.22. The number of H-pyrrole nitrogens is 1. The molecule has 0 fully saturated rings. The summed E-state index contributed by atoms with van der Waals surface area (Å²) in [5, 5.41) is 10.7. The van der Waals surface area contributed by atoms with Gasteiger partial charge in [0.2, 0.25) is 0 Å². The van der Waals surface area contributed by atoms with Crippen molar-refractivity contribution < 1.29 is 13.9 Å². The zero-order valence-corrected chi connectivity index (χ0v) is 16.4. The number of nitrogens with zero attached hydrogens (tertiary/aromatic N) is 2. The van der Waals surface area contributed by atoms with Gasteiger partial charge in [0.25, 0.3) is 5.56 Å². The van der Waals surface area contributed by atoms with Gasteiger partial charge < -0.3 is 20.4 Å². The van der Waals surface area contributed by atoms with Crippen molar-refractivity contribution in [1.82, 2.24) is 15.0 Å². The number of anilines is 2. The van der Waals surface area contributed by atoms with E-state index in [4.69, 9.17) is 21.7 Å². The molecule has 0 aliphatic carbocycles. The van der Waals surface area contributed by atoms with Gasteiger partial charge in [0, 0.05) is 23.1 Å². The standard InChI is InChI=1S/C19H17ClFN5O3/c1-9(20)7-12(10(2)21)16-25-17(15(11(3)22)18(27)26-16)24-14-5-6-23-8-13(14)19(28)29-4/h5-8,22H,1-2H2,3-4H3,(H2,23,24,25,26,27)/b12-7+,22-11?. The summed E-state index contributed by atoms with van der Waals surface area (Å²) in [4.78, 5) is 35.0. The minimum absolute atomic E-state index is 0.00891. The first-order valence-corrected chi connectivity index (χ1v) is 8.44. The van der Waals surface area contributed by atoms with Crippen LogP contribution in [-0.4, -0.2) is 33.7 Å². The van der Waals surface area contributed by atoms with E-state index in [0.29, 0.717) is 0 Å². The molecule has 2 aromatic heterocycles. The van der Waals surface area contributed by atoms with Gasteiger partial charge in [0.05, 0.1) is 18.4 Å². The van der Waals surface area contributed by atoms with Gasteiger partial charge in [0.1, 0.15) is 28.6 Å². The Morgan fingerprint density at radius 3 is 2.69 bits per heavy atom. The Morgan fingerprint density at radius 1 is 1.45 bits per heavy atom. The molecule has 150 valence electrons. The zero-order chi connectivity index (χ0) is 21.7. The number of hydrogen-bond donors (Lipinski definition) is 3. The highest BCUT2D eigenvalue weighted by molar-refractivity contribution is 6.31. The number of allylic oxidation sites excluding steroid dienone is 4. The minimum Gasteiger partial charge on any atom is -0.465 e. The molecule has 0 amide bonds. The van der Waals surface area contributed by atoms with Gasteiger partial charge in [-0.2, -0.15) is 0 Å². The van der Waals surface area contributed by atoms with Gasteiger partial charge in [-0.3, -0.25) is 9.78 Å². The van der Waals surface area contributed by atoms with Crippen molar-refractivity contribution in [1.29, 1.82) is 5.41 Å². The molecule has 2 aromatic rings. The van der Waals surface area contributed by atoms with Crippen LogP contribution in [0.1, 0.15) is 28.7 Å². The molecule has 8 nitrogen and oxygen atoms in total. The second-order valence-electron chi connectivity index (χ2n) is 5.71.